The number of anilines is 1. The molecule has 1 aromatic carbocycles. The number of nitrogens with zero attached hydrogens (tertiary/aromatic N) is 2. The van der Waals surface area contributed by atoms with Crippen LogP contribution in [0.5, 0.6) is 0 Å². The first-order valence-corrected chi connectivity index (χ1v) is 5.80. The van der Waals surface area contributed by atoms with Crippen LogP contribution in [0.15, 0.2) is 23.1 Å². The fourth-order valence-corrected chi connectivity index (χ4v) is 1.61. The van der Waals surface area contributed by atoms with E-state index in [1.54, 1.807) is 20.2 Å². The highest BCUT2D eigenvalue weighted by molar-refractivity contribution is 7.72. The lowest BCUT2D eigenvalue weighted by molar-refractivity contribution is 0.230. The summed E-state index contributed by atoms with van der Waals surface area (Å²) in [6, 6.07) is 5.46. The van der Waals surface area contributed by atoms with Crippen molar-refractivity contribution in [3.8, 4) is 6.07 Å². The van der Waals surface area contributed by atoms with E-state index in [0.29, 0.717) is 5.69 Å². The van der Waals surface area contributed by atoms with Crippen LogP contribution in [0.2, 0.25) is 0 Å². The molecule has 0 unspecified atom stereocenters. The van der Waals surface area contributed by atoms with Crippen LogP contribution >= 0.6 is 0 Å². The molecule has 0 saturated carbocycles. The van der Waals surface area contributed by atoms with Crippen molar-refractivity contribution >= 4 is 22.4 Å². The first-order chi connectivity index (χ1) is 7.95. The molecule has 6 nitrogen and oxygen atoms in total. The summed E-state index contributed by atoms with van der Waals surface area (Å²) >= 11 is 0. The fraction of sp³-hybridized carbons (Fsp3) is 0.200. The summed E-state index contributed by atoms with van der Waals surface area (Å²) in [5.74, 6) is 0. The highest BCUT2D eigenvalue weighted by Crippen LogP contribution is 2.16. The molecular formula is C10H11N3O3S. The molecule has 0 heterocycles. The van der Waals surface area contributed by atoms with Gasteiger partial charge in [0.05, 0.1) is 10.5 Å². The first kappa shape index (κ1) is 13.0. The summed E-state index contributed by atoms with van der Waals surface area (Å²) in [4.78, 5) is 12.6. The monoisotopic (exact) mass is 253 g/mol. The van der Waals surface area contributed by atoms with E-state index in [2.05, 4.69) is 5.32 Å². The van der Waals surface area contributed by atoms with E-state index in [1.165, 1.54) is 23.1 Å². The van der Waals surface area contributed by atoms with Crippen molar-refractivity contribution in [3.63, 3.8) is 0 Å². The summed E-state index contributed by atoms with van der Waals surface area (Å²) in [7, 11) is 0.333. The van der Waals surface area contributed by atoms with E-state index < -0.39 is 10.7 Å². The second-order valence-corrected chi connectivity index (χ2v) is 4.42. The summed E-state index contributed by atoms with van der Waals surface area (Å²) in [6.07, 6.45) is 0. The average molecular weight is 253 g/mol. The molecule has 2 amide bonds. The van der Waals surface area contributed by atoms with E-state index in [4.69, 9.17) is 5.26 Å². The van der Waals surface area contributed by atoms with E-state index in [-0.39, 0.29) is 16.5 Å². The van der Waals surface area contributed by atoms with Crippen molar-refractivity contribution in [3.05, 3.63) is 23.8 Å². The van der Waals surface area contributed by atoms with Crippen molar-refractivity contribution in [1.82, 2.24) is 4.90 Å². The zero-order valence-electron chi connectivity index (χ0n) is 9.30. The van der Waals surface area contributed by atoms with E-state index in [1.807, 2.05) is 0 Å². The van der Waals surface area contributed by atoms with Crippen LogP contribution < -0.4 is 5.32 Å². The zero-order valence-corrected chi connectivity index (χ0v) is 10.2. The third-order valence-corrected chi connectivity index (χ3v) is 2.75. The maximum Gasteiger partial charge on any atom is 0.321 e. The minimum atomic E-state index is -2.81. The molecule has 1 aromatic rings. The van der Waals surface area contributed by atoms with Crippen molar-refractivity contribution in [2.75, 3.05) is 19.4 Å². The lowest BCUT2D eigenvalue weighted by Crippen LogP contribution is -2.27. The number of thiol groups is 1. The number of nitriles is 1. The second kappa shape index (κ2) is 5.32. The molecule has 0 aliphatic carbocycles. The number of carbonyl (C=O) groups is 1. The topological polar surface area (TPSA) is 90.3 Å². The number of nitrogens with one attached hydrogen (secondary N) is 1. The molecule has 1 N–H and O–H groups in total. The summed E-state index contributed by atoms with van der Waals surface area (Å²) < 4.78 is 21.6. The van der Waals surface area contributed by atoms with Gasteiger partial charge in [0.1, 0.15) is 6.07 Å². The molecule has 7 heteroatoms. The van der Waals surface area contributed by atoms with Crippen LogP contribution in [-0.2, 0) is 10.7 Å². The van der Waals surface area contributed by atoms with Crippen molar-refractivity contribution < 1.29 is 13.2 Å². The van der Waals surface area contributed by atoms with E-state index in [9.17, 15) is 13.2 Å². The van der Waals surface area contributed by atoms with Gasteiger partial charge in [0.2, 0.25) is 0 Å². The molecular weight excluding hydrogens is 242 g/mol. The number of hydrogen-bond donors (Lipinski definition) is 2. The van der Waals surface area contributed by atoms with Gasteiger partial charge in [-0.3, -0.25) is 0 Å². The maximum absolute atomic E-state index is 11.3. The SMILES string of the molecule is CN(C)C(=O)Nc1ccc([SH](=O)=O)c(C#N)c1. The lowest BCUT2D eigenvalue weighted by atomic mass is 10.2. The molecule has 1 rings (SSSR count). The van der Waals surface area contributed by atoms with Gasteiger partial charge in [-0.1, -0.05) is 0 Å². The third-order valence-electron chi connectivity index (χ3n) is 1.97. The Labute approximate surface area is 100 Å². The summed E-state index contributed by atoms with van der Waals surface area (Å²) in [5.41, 5.74) is 0.388. The smallest absolute Gasteiger partial charge is 0.321 e. The highest BCUT2D eigenvalue weighted by Gasteiger charge is 2.08. The highest BCUT2D eigenvalue weighted by atomic mass is 32.2. The predicted octanol–water partition coefficient (Wildman–Crippen LogP) is 0.622. The quantitative estimate of drug-likeness (QED) is 0.756. The largest absolute Gasteiger partial charge is 0.331 e. The van der Waals surface area contributed by atoms with Crippen LogP contribution in [0.1, 0.15) is 5.56 Å². The van der Waals surface area contributed by atoms with Gasteiger partial charge in [-0.05, 0) is 18.2 Å². The van der Waals surface area contributed by atoms with Crippen LogP contribution in [0.3, 0.4) is 0 Å². The Bertz CT molecular complexity index is 550. The third kappa shape index (κ3) is 3.19. The standard InChI is InChI=1S/C10H11N3O3S/c1-13(2)10(14)12-8-3-4-9(17(15)16)7(5-8)6-11/h3-5,17H,1-2H3,(H,12,14). The Balaban J connectivity index is 3.07. The van der Waals surface area contributed by atoms with Crippen LogP contribution in [0.4, 0.5) is 10.5 Å². The lowest BCUT2D eigenvalue weighted by Gasteiger charge is -2.12. The van der Waals surface area contributed by atoms with Gasteiger partial charge < -0.3 is 10.2 Å². The Morgan fingerprint density at radius 2 is 2.06 bits per heavy atom. The van der Waals surface area contributed by atoms with Crippen molar-refractivity contribution in [2.24, 2.45) is 0 Å². The molecule has 0 fully saturated rings. The zero-order chi connectivity index (χ0) is 13.0. The van der Waals surface area contributed by atoms with Gasteiger partial charge in [0.25, 0.3) is 0 Å². The van der Waals surface area contributed by atoms with Gasteiger partial charge in [0.15, 0.2) is 10.7 Å². The molecule has 0 aliphatic rings. The number of hydrogen-bond acceptors (Lipinski definition) is 4. The van der Waals surface area contributed by atoms with E-state index in [0.717, 1.165) is 0 Å². The number of rotatable bonds is 2. The average Bonchev–Trinajstić information content (AvgIpc) is 2.28. The summed E-state index contributed by atoms with van der Waals surface area (Å²) in [5, 5.41) is 11.3. The van der Waals surface area contributed by atoms with Crippen LogP contribution in [0.25, 0.3) is 0 Å². The Kier molecular flexibility index (Phi) is 4.06. The number of urea groups is 1. The number of carbonyl (C=O) groups excluding carboxylic acids is 1. The minimum Gasteiger partial charge on any atom is -0.331 e. The van der Waals surface area contributed by atoms with Gasteiger partial charge in [-0.2, -0.15) is 5.26 Å². The van der Waals surface area contributed by atoms with Gasteiger partial charge in [0, 0.05) is 19.8 Å². The molecule has 0 aromatic heterocycles. The molecule has 0 bridgehead atoms. The second-order valence-electron chi connectivity index (χ2n) is 3.43. The normalized spacial score (nSPS) is 9.76. The van der Waals surface area contributed by atoms with Gasteiger partial charge in [-0.25, -0.2) is 13.2 Å². The molecule has 0 atom stereocenters. The minimum absolute atomic E-state index is 0.0117. The Morgan fingerprint density at radius 3 is 2.53 bits per heavy atom. The molecule has 0 spiro atoms. The van der Waals surface area contributed by atoms with E-state index >= 15 is 0 Å². The molecule has 90 valence electrons. The fourth-order valence-electron chi connectivity index (χ4n) is 1.10. The Hall–Kier alpha value is -2.07. The summed E-state index contributed by atoms with van der Waals surface area (Å²) in [6.45, 7) is 0. The molecule has 17 heavy (non-hydrogen) atoms. The van der Waals surface area contributed by atoms with Crippen LogP contribution in [-0.4, -0.2) is 33.4 Å². The van der Waals surface area contributed by atoms with Crippen LogP contribution in [0, 0.1) is 11.3 Å². The van der Waals surface area contributed by atoms with Gasteiger partial charge >= 0.3 is 6.03 Å². The van der Waals surface area contributed by atoms with Crippen molar-refractivity contribution in [2.45, 2.75) is 4.90 Å². The predicted molar refractivity (Wildman–Crippen MR) is 62.4 cm³/mol. The van der Waals surface area contributed by atoms with Gasteiger partial charge in [-0.15, -0.1) is 0 Å². The molecule has 0 radical (unpaired) electrons. The van der Waals surface area contributed by atoms with Crippen molar-refractivity contribution in [1.29, 1.82) is 5.26 Å². The molecule has 0 saturated heterocycles. The maximum atomic E-state index is 11.3. The molecule has 0 aliphatic heterocycles. The number of benzene rings is 1. The first-order valence-electron chi connectivity index (χ1n) is 4.62. The Morgan fingerprint density at radius 1 is 1.41 bits per heavy atom. The number of amides is 2.